The molecule has 0 radical (unpaired) electrons. The van der Waals surface area contributed by atoms with Crippen molar-refractivity contribution in [3.05, 3.63) is 53.5 Å². The fraction of sp³-hybridized carbons (Fsp3) is 0.0833. The summed E-state index contributed by atoms with van der Waals surface area (Å²) in [4.78, 5) is 11.9. The van der Waals surface area contributed by atoms with Crippen LogP contribution in [0.4, 0.5) is 8.78 Å². The SMILES string of the molecule is NNC(=O)c1occc1CSc1ccc(F)c(F)c1. The highest BCUT2D eigenvalue weighted by Gasteiger charge is 2.14. The zero-order valence-corrected chi connectivity index (χ0v) is 10.5. The fourth-order valence-electron chi connectivity index (χ4n) is 1.44. The van der Waals surface area contributed by atoms with Crippen molar-refractivity contribution in [1.82, 2.24) is 5.43 Å². The number of furan rings is 1. The van der Waals surface area contributed by atoms with Gasteiger partial charge in [0.2, 0.25) is 0 Å². The van der Waals surface area contributed by atoms with E-state index in [0.717, 1.165) is 12.1 Å². The number of nitrogens with two attached hydrogens (primary N) is 1. The van der Waals surface area contributed by atoms with E-state index in [-0.39, 0.29) is 5.76 Å². The number of thioether (sulfide) groups is 1. The molecule has 0 aliphatic heterocycles. The number of nitrogens with one attached hydrogen (secondary N) is 1. The highest BCUT2D eigenvalue weighted by Crippen LogP contribution is 2.26. The van der Waals surface area contributed by atoms with Crippen LogP contribution in [0.3, 0.4) is 0 Å². The number of hydrazine groups is 1. The highest BCUT2D eigenvalue weighted by atomic mass is 32.2. The molecule has 2 rings (SSSR count). The zero-order valence-electron chi connectivity index (χ0n) is 9.65. The lowest BCUT2D eigenvalue weighted by Gasteiger charge is -2.03. The standard InChI is InChI=1S/C12H10F2N2O2S/c13-9-2-1-8(5-10(9)14)19-6-7-3-4-18-11(7)12(17)16-15/h1-5H,6,15H2,(H,16,17). The van der Waals surface area contributed by atoms with E-state index < -0.39 is 17.5 Å². The molecule has 0 spiro atoms. The van der Waals surface area contributed by atoms with Crippen molar-refractivity contribution < 1.29 is 18.0 Å². The quantitative estimate of drug-likeness (QED) is 0.392. The van der Waals surface area contributed by atoms with Crippen LogP contribution in [0.5, 0.6) is 0 Å². The molecule has 3 N–H and O–H groups in total. The van der Waals surface area contributed by atoms with E-state index in [4.69, 9.17) is 10.3 Å². The Hall–Kier alpha value is -1.86. The zero-order chi connectivity index (χ0) is 13.8. The minimum Gasteiger partial charge on any atom is -0.459 e. The summed E-state index contributed by atoms with van der Waals surface area (Å²) in [7, 11) is 0. The summed E-state index contributed by atoms with van der Waals surface area (Å²) in [5.41, 5.74) is 2.59. The molecule has 19 heavy (non-hydrogen) atoms. The number of rotatable bonds is 4. The summed E-state index contributed by atoms with van der Waals surface area (Å²) in [6.45, 7) is 0. The minimum absolute atomic E-state index is 0.109. The van der Waals surface area contributed by atoms with Crippen LogP contribution in [-0.2, 0) is 5.75 Å². The molecule has 4 nitrogen and oxygen atoms in total. The van der Waals surface area contributed by atoms with E-state index in [0.29, 0.717) is 16.2 Å². The molecule has 1 heterocycles. The molecule has 0 aliphatic rings. The van der Waals surface area contributed by atoms with E-state index >= 15 is 0 Å². The highest BCUT2D eigenvalue weighted by molar-refractivity contribution is 7.98. The molecule has 7 heteroatoms. The Morgan fingerprint density at radius 3 is 2.79 bits per heavy atom. The lowest BCUT2D eigenvalue weighted by molar-refractivity contribution is 0.0925. The first kappa shape index (κ1) is 13.6. The number of halogens is 2. The Bertz CT molecular complexity index is 601. The third-order valence-corrected chi connectivity index (χ3v) is 3.41. The van der Waals surface area contributed by atoms with Gasteiger partial charge in [0.15, 0.2) is 17.4 Å². The third-order valence-electron chi connectivity index (χ3n) is 2.37. The Balaban J connectivity index is 2.08. The summed E-state index contributed by atoms with van der Waals surface area (Å²) in [5, 5.41) is 0. The first-order valence-electron chi connectivity index (χ1n) is 5.27. The molecule has 100 valence electrons. The van der Waals surface area contributed by atoms with Crippen LogP contribution in [0.2, 0.25) is 0 Å². The van der Waals surface area contributed by atoms with Gasteiger partial charge in [-0.15, -0.1) is 11.8 Å². The van der Waals surface area contributed by atoms with E-state index in [1.54, 1.807) is 6.07 Å². The van der Waals surface area contributed by atoms with Crippen LogP contribution in [0.15, 0.2) is 39.8 Å². The van der Waals surface area contributed by atoms with Gasteiger partial charge in [-0.2, -0.15) is 0 Å². The number of hydrogen-bond acceptors (Lipinski definition) is 4. The molecule has 0 unspecified atom stereocenters. The third kappa shape index (κ3) is 3.12. The van der Waals surface area contributed by atoms with Crippen molar-refractivity contribution in [2.24, 2.45) is 5.84 Å². The summed E-state index contributed by atoms with van der Waals surface area (Å²) in [6, 6.07) is 5.24. The molecular formula is C12H10F2N2O2S. The lowest BCUT2D eigenvalue weighted by Crippen LogP contribution is -2.30. The molecular weight excluding hydrogens is 274 g/mol. The summed E-state index contributed by atoms with van der Waals surface area (Å²) < 4.78 is 30.8. The van der Waals surface area contributed by atoms with Crippen LogP contribution in [0.25, 0.3) is 0 Å². The van der Waals surface area contributed by atoms with Gasteiger partial charge in [-0.3, -0.25) is 10.2 Å². The monoisotopic (exact) mass is 284 g/mol. The van der Waals surface area contributed by atoms with Crippen LogP contribution < -0.4 is 11.3 Å². The number of carbonyl (C=O) groups is 1. The fourth-order valence-corrected chi connectivity index (χ4v) is 2.34. The topological polar surface area (TPSA) is 68.3 Å². The molecule has 1 aromatic carbocycles. The van der Waals surface area contributed by atoms with Crippen molar-refractivity contribution in [2.45, 2.75) is 10.6 Å². The molecule has 0 saturated carbocycles. The van der Waals surface area contributed by atoms with Gasteiger partial charge in [0.25, 0.3) is 0 Å². The smallest absolute Gasteiger partial charge is 0.301 e. The second kappa shape index (κ2) is 5.85. The molecule has 0 aliphatic carbocycles. The number of benzene rings is 1. The maximum absolute atomic E-state index is 13.0. The van der Waals surface area contributed by atoms with Gasteiger partial charge in [0.1, 0.15) is 0 Å². The average molecular weight is 284 g/mol. The van der Waals surface area contributed by atoms with Gasteiger partial charge in [0.05, 0.1) is 6.26 Å². The normalized spacial score (nSPS) is 10.5. The van der Waals surface area contributed by atoms with Gasteiger partial charge >= 0.3 is 5.91 Å². The summed E-state index contributed by atoms with van der Waals surface area (Å²) >= 11 is 1.26. The lowest BCUT2D eigenvalue weighted by atomic mass is 10.3. The maximum atomic E-state index is 13.0. The van der Waals surface area contributed by atoms with Crippen molar-refractivity contribution in [2.75, 3.05) is 0 Å². The summed E-state index contributed by atoms with van der Waals surface area (Å²) in [5.74, 6) is 3.17. The molecule has 1 aromatic heterocycles. The van der Waals surface area contributed by atoms with Crippen molar-refractivity contribution in [3.63, 3.8) is 0 Å². The minimum atomic E-state index is -0.905. The van der Waals surface area contributed by atoms with Crippen LogP contribution in [-0.4, -0.2) is 5.91 Å². The van der Waals surface area contributed by atoms with E-state index in [1.807, 2.05) is 5.43 Å². The Morgan fingerprint density at radius 1 is 1.32 bits per heavy atom. The van der Waals surface area contributed by atoms with Crippen LogP contribution >= 0.6 is 11.8 Å². The van der Waals surface area contributed by atoms with Gasteiger partial charge in [-0.25, -0.2) is 14.6 Å². The van der Waals surface area contributed by atoms with Crippen molar-refractivity contribution >= 4 is 17.7 Å². The number of carbonyl (C=O) groups excluding carboxylic acids is 1. The number of nitrogen functional groups attached to an aromatic ring is 1. The van der Waals surface area contributed by atoms with Gasteiger partial charge in [0, 0.05) is 16.2 Å². The number of amides is 1. The number of hydrogen-bond donors (Lipinski definition) is 2. The first-order chi connectivity index (χ1) is 9.11. The molecule has 0 atom stereocenters. The van der Waals surface area contributed by atoms with Gasteiger partial charge in [-0.1, -0.05) is 0 Å². The molecule has 0 bridgehead atoms. The summed E-state index contributed by atoms with van der Waals surface area (Å²) in [6.07, 6.45) is 1.37. The Labute approximate surface area is 111 Å². The molecule has 2 aromatic rings. The maximum Gasteiger partial charge on any atom is 0.301 e. The van der Waals surface area contributed by atoms with E-state index in [9.17, 15) is 13.6 Å². The average Bonchev–Trinajstić information content (AvgIpc) is 2.87. The van der Waals surface area contributed by atoms with Crippen LogP contribution in [0, 0.1) is 11.6 Å². The second-order valence-electron chi connectivity index (χ2n) is 3.61. The Kier molecular flexibility index (Phi) is 4.18. The predicted molar refractivity (Wildman–Crippen MR) is 66.3 cm³/mol. The molecule has 0 saturated heterocycles. The van der Waals surface area contributed by atoms with E-state index in [1.165, 1.54) is 24.1 Å². The van der Waals surface area contributed by atoms with Crippen LogP contribution in [0.1, 0.15) is 16.1 Å². The molecule has 0 fully saturated rings. The van der Waals surface area contributed by atoms with Gasteiger partial charge < -0.3 is 4.42 Å². The second-order valence-corrected chi connectivity index (χ2v) is 4.66. The molecule has 1 amide bonds. The first-order valence-corrected chi connectivity index (χ1v) is 6.25. The van der Waals surface area contributed by atoms with Crippen molar-refractivity contribution in [1.29, 1.82) is 0 Å². The van der Waals surface area contributed by atoms with E-state index in [2.05, 4.69) is 0 Å². The Morgan fingerprint density at radius 2 is 2.11 bits per heavy atom. The largest absolute Gasteiger partial charge is 0.459 e. The van der Waals surface area contributed by atoms with Crippen molar-refractivity contribution in [3.8, 4) is 0 Å². The van der Waals surface area contributed by atoms with Gasteiger partial charge in [-0.05, 0) is 24.3 Å². The predicted octanol–water partition coefficient (Wildman–Crippen LogP) is 2.45.